The van der Waals surface area contributed by atoms with Crippen LogP contribution in [-0.2, 0) is 21.4 Å². The van der Waals surface area contributed by atoms with Crippen molar-refractivity contribution in [1.82, 2.24) is 0 Å². The molecule has 1 aromatic carbocycles. The molecule has 2 aromatic rings. The molecule has 2 nitrogen and oxygen atoms in total. The molecule has 0 aliphatic carbocycles. The summed E-state index contributed by atoms with van der Waals surface area (Å²) in [6, 6.07) is 11.5. The van der Waals surface area contributed by atoms with Crippen LogP contribution in [0.5, 0.6) is 0 Å². The molecule has 1 heterocycles. The van der Waals surface area contributed by atoms with Crippen LogP contribution in [0.1, 0.15) is 24.3 Å². The van der Waals surface area contributed by atoms with Gasteiger partial charge >= 0.3 is 5.97 Å². The lowest BCUT2D eigenvalue weighted by Gasteiger charge is -2.28. The second-order valence-electron chi connectivity index (χ2n) is 4.79. The van der Waals surface area contributed by atoms with Crippen LogP contribution >= 0.6 is 22.9 Å². The number of rotatable bonds is 5. The number of esters is 1. The van der Waals surface area contributed by atoms with Crippen molar-refractivity contribution in [3.63, 3.8) is 0 Å². The van der Waals surface area contributed by atoms with Crippen LogP contribution in [0, 0.1) is 0 Å². The fourth-order valence-corrected chi connectivity index (χ4v) is 3.44. The van der Waals surface area contributed by atoms with Crippen molar-refractivity contribution in [3.05, 3.63) is 57.2 Å². The monoisotopic (exact) mass is 308 g/mol. The number of halogens is 1. The van der Waals surface area contributed by atoms with Crippen LogP contribution in [-0.4, -0.2) is 12.6 Å². The third-order valence-corrected chi connectivity index (χ3v) is 4.51. The Morgan fingerprint density at radius 3 is 2.65 bits per heavy atom. The van der Waals surface area contributed by atoms with E-state index in [1.54, 1.807) is 11.3 Å². The summed E-state index contributed by atoms with van der Waals surface area (Å²) < 4.78 is 5.27. The first-order chi connectivity index (χ1) is 9.58. The van der Waals surface area contributed by atoms with Gasteiger partial charge in [-0.2, -0.15) is 0 Å². The molecule has 0 saturated carbocycles. The van der Waals surface area contributed by atoms with Crippen molar-refractivity contribution in [2.45, 2.75) is 25.7 Å². The van der Waals surface area contributed by atoms with E-state index in [4.69, 9.17) is 16.3 Å². The van der Waals surface area contributed by atoms with Gasteiger partial charge in [0.1, 0.15) is 0 Å². The molecular weight excluding hydrogens is 292 g/mol. The topological polar surface area (TPSA) is 26.3 Å². The summed E-state index contributed by atoms with van der Waals surface area (Å²) in [6.07, 6.45) is 0.591. The van der Waals surface area contributed by atoms with E-state index in [0.29, 0.717) is 18.1 Å². The Bertz CT molecular complexity index is 580. The minimum absolute atomic E-state index is 0.235. The molecule has 0 bridgehead atoms. The summed E-state index contributed by atoms with van der Waals surface area (Å²) in [7, 11) is 0. The first kappa shape index (κ1) is 15.1. The summed E-state index contributed by atoms with van der Waals surface area (Å²) in [6.45, 7) is 4.07. The van der Waals surface area contributed by atoms with Crippen molar-refractivity contribution >= 4 is 28.9 Å². The van der Waals surface area contributed by atoms with Crippen LogP contribution in [0.15, 0.2) is 41.8 Å². The zero-order valence-electron chi connectivity index (χ0n) is 11.6. The lowest BCUT2D eigenvalue weighted by molar-refractivity contribution is -0.149. The van der Waals surface area contributed by atoms with Crippen LogP contribution in [0.4, 0.5) is 0 Å². The predicted octanol–water partition coefficient (Wildman–Crippen LogP) is 4.47. The minimum Gasteiger partial charge on any atom is -0.465 e. The number of hydrogen-bond donors (Lipinski definition) is 0. The fourth-order valence-electron chi connectivity index (χ4n) is 2.24. The average Bonchev–Trinajstić information content (AvgIpc) is 2.92. The SMILES string of the molecule is CCOC(=O)C(C)(Cc1cccs1)c1ccccc1Cl. The number of carbonyl (C=O) groups excluding carboxylic acids is 1. The van der Waals surface area contributed by atoms with E-state index >= 15 is 0 Å². The summed E-state index contributed by atoms with van der Waals surface area (Å²) in [5.41, 5.74) is 0.0488. The van der Waals surface area contributed by atoms with E-state index in [2.05, 4.69) is 0 Å². The summed E-state index contributed by atoms with van der Waals surface area (Å²) in [5.74, 6) is -0.235. The Balaban J connectivity index is 2.43. The molecule has 0 saturated heterocycles. The van der Waals surface area contributed by atoms with Gasteiger partial charge in [0.2, 0.25) is 0 Å². The van der Waals surface area contributed by atoms with Gasteiger partial charge in [-0.25, -0.2) is 0 Å². The highest BCUT2D eigenvalue weighted by Gasteiger charge is 2.38. The molecule has 4 heteroatoms. The van der Waals surface area contributed by atoms with E-state index in [1.807, 2.05) is 55.6 Å². The molecule has 0 aliphatic rings. The van der Waals surface area contributed by atoms with Crippen LogP contribution in [0.25, 0.3) is 0 Å². The second kappa shape index (κ2) is 6.42. The minimum atomic E-state index is -0.765. The van der Waals surface area contributed by atoms with Crippen molar-refractivity contribution in [2.75, 3.05) is 6.61 Å². The van der Waals surface area contributed by atoms with Gasteiger partial charge in [0.05, 0.1) is 12.0 Å². The highest BCUT2D eigenvalue weighted by atomic mass is 35.5. The van der Waals surface area contributed by atoms with Crippen molar-refractivity contribution in [2.24, 2.45) is 0 Å². The molecule has 0 radical (unpaired) electrons. The maximum atomic E-state index is 12.5. The maximum absolute atomic E-state index is 12.5. The summed E-state index contributed by atoms with van der Waals surface area (Å²) in [4.78, 5) is 13.6. The summed E-state index contributed by atoms with van der Waals surface area (Å²) >= 11 is 7.92. The molecule has 0 aliphatic heterocycles. The first-order valence-electron chi connectivity index (χ1n) is 6.52. The van der Waals surface area contributed by atoms with Crippen molar-refractivity contribution in [3.8, 4) is 0 Å². The van der Waals surface area contributed by atoms with E-state index in [-0.39, 0.29) is 5.97 Å². The summed E-state index contributed by atoms with van der Waals surface area (Å²) in [5, 5.41) is 2.60. The van der Waals surface area contributed by atoms with Gasteiger partial charge in [0.25, 0.3) is 0 Å². The zero-order valence-corrected chi connectivity index (χ0v) is 13.1. The quantitative estimate of drug-likeness (QED) is 0.762. The highest BCUT2D eigenvalue weighted by Crippen LogP contribution is 2.35. The normalized spacial score (nSPS) is 13.8. The largest absolute Gasteiger partial charge is 0.465 e. The molecule has 0 spiro atoms. The van der Waals surface area contributed by atoms with Gasteiger partial charge in [-0.1, -0.05) is 35.9 Å². The van der Waals surface area contributed by atoms with E-state index in [1.165, 1.54) is 0 Å². The van der Waals surface area contributed by atoms with Gasteiger partial charge in [0.15, 0.2) is 0 Å². The standard InChI is InChI=1S/C16H17ClO2S/c1-3-19-15(18)16(2,11-12-7-6-10-20-12)13-8-4-5-9-14(13)17/h4-10H,3,11H2,1-2H3. The molecule has 1 atom stereocenters. The number of ether oxygens (including phenoxy) is 1. The van der Waals surface area contributed by atoms with E-state index in [9.17, 15) is 4.79 Å². The van der Waals surface area contributed by atoms with Crippen molar-refractivity contribution in [1.29, 1.82) is 0 Å². The number of thiophene rings is 1. The molecule has 0 amide bonds. The first-order valence-corrected chi connectivity index (χ1v) is 7.78. The van der Waals surface area contributed by atoms with Crippen LogP contribution in [0.3, 0.4) is 0 Å². The maximum Gasteiger partial charge on any atom is 0.316 e. The molecule has 20 heavy (non-hydrogen) atoms. The molecule has 1 aromatic heterocycles. The Morgan fingerprint density at radius 2 is 2.05 bits per heavy atom. The number of benzene rings is 1. The molecule has 106 valence electrons. The molecule has 0 fully saturated rings. The fraction of sp³-hybridized carbons (Fsp3) is 0.312. The number of hydrogen-bond acceptors (Lipinski definition) is 3. The zero-order chi connectivity index (χ0) is 14.6. The Morgan fingerprint density at radius 1 is 1.30 bits per heavy atom. The third kappa shape index (κ3) is 3.05. The third-order valence-electron chi connectivity index (χ3n) is 3.30. The Hall–Kier alpha value is -1.32. The second-order valence-corrected chi connectivity index (χ2v) is 6.23. The lowest BCUT2D eigenvalue weighted by Crippen LogP contribution is -2.36. The number of carbonyl (C=O) groups is 1. The molecular formula is C16H17ClO2S. The van der Waals surface area contributed by atoms with Crippen molar-refractivity contribution < 1.29 is 9.53 Å². The predicted molar refractivity (Wildman–Crippen MR) is 83.5 cm³/mol. The van der Waals surface area contributed by atoms with Gasteiger partial charge in [-0.05, 0) is 36.9 Å². The van der Waals surface area contributed by atoms with Crippen LogP contribution < -0.4 is 0 Å². The van der Waals surface area contributed by atoms with Gasteiger partial charge in [0, 0.05) is 16.3 Å². The van der Waals surface area contributed by atoms with Gasteiger partial charge in [-0.3, -0.25) is 4.79 Å². The average molecular weight is 309 g/mol. The van der Waals surface area contributed by atoms with E-state index < -0.39 is 5.41 Å². The van der Waals surface area contributed by atoms with E-state index in [0.717, 1.165) is 10.4 Å². The molecule has 1 unspecified atom stereocenters. The lowest BCUT2D eigenvalue weighted by atomic mass is 9.79. The smallest absolute Gasteiger partial charge is 0.316 e. The van der Waals surface area contributed by atoms with Gasteiger partial charge < -0.3 is 4.74 Å². The Kier molecular flexibility index (Phi) is 4.84. The Labute approximate surface area is 128 Å². The highest BCUT2D eigenvalue weighted by molar-refractivity contribution is 7.09. The molecule has 2 rings (SSSR count). The molecule has 0 N–H and O–H groups in total. The van der Waals surface area contributed by atoms with Gasteiger partial charge in [-0.15, -0.1) is 11.3 Å². The van der Waals surface area contributed by atoms with Crippen LogP contribution in [0.2, 0.25) is 5.02 Å².